The van der Waals surface area contributed by atoms with Crippen LogP contribution in [0.25, 0.3) is 5.69 Å². The minimum absolute atomic E-state index is 0.0395. The maximum atomic E-state index is 13.5. The van der Waals surface area contributed by atoms with Crippen molar-refractivity contribution in [2.75, 3.05) is 0 Å². The molecule has 0 radical (unpaired) electrons. The Morgan fingerprint density at radius 2 is 1.59 bits per heavy atom. The van der Waals surface area contributed by atoms with E-state index in [0.717, 1.165) is 6.20 Å². The number of thioether (sulfide) groups is 1. The highest BCUT2D eigenvalue weighted by atomic mass is 35.5. The average Bonchev–Trinajstić information content (AvgIpc) is 2.81. The molecule has 1 heterocycles. The molecule has 0 N–H and O–H groups in total. The van der Waals surface area contributed by atoms with E-state index >= 15 is 0 Å². The molecule has 0 saturated heterocycles. The summed E-state index contributed by atoms with van der Waals surface area (Å²) in [6, 6.07) is 2.43. The van der Waals surface area contributed by atoms with Crippen LogP contribution in [0.2, 0.25) is 10.0 Å². The van der Waals surface area contributed by atoms with E-state index < -0.39 is 49.1 Å². The van der Waals surface area contributed by atoms with Gasteiger partial charge >= 0.3 is 10.1 Å². The van der Waals surface area contributed by atoms with E-state index in [1.807, 2.05) is 0 Å². The number of halogens is 10. The summed E-state index contributed by atoms with van der Waals surface area (Å²) >= 11 is 22.1. The molecule has 0 aliphatic rings. The Labute approximate surface area is 172 Å². The van der Waals surface area contributed by atoms with E-state index in [9.17, 15) is 26.3 Å². The van der Waals surface area contributed by atoms with Crippen LogP contribution in [0.3, 0.4) is 0 Å². The number of nitriles is 1. The molecule has 0 aliphatic heterocycles. The van der Waals surface area contributed by atoms with Crippen LogP contribution < -0.4 is 0 Å². The Hall–Kier alpha value is -0.920. The highest BCUT2D eigenvalue weighted by molar-refractivity contribution is 8.03. The van der Waals surface area contributed by atoms with Crippen LogP contribution in [0.15, 0.2) is 23.2 Å². The molecule has 1 aromatic carbocycles. The second kappa shape index (κ2) is 7.84. The van der Waals surface area contributed by atoms with Gasteiger partial charge in [-0.3, -0.25) is 0 Å². The normalized spacial score (nSPS) is 12.5. The smallest absolute Gasteiger partial charge is 0.310 e. The van der Waals surface area contributed by atoms with E-state index in [1.54, 1.807) is 0 Å². The summed E-state index contributed by atoms with van der Waals surface area (Å²) in [7, 11) is 0. The van der Waals surface area contributed by atoms with Crippen LogP contribution in [-0.4, -0.2) is 8.49 Å². The van der Waals surface area contributed by atoms with Crippen molar-refractivity contribution in [1.29, 1.82) is 5.26 Å². The van der Waals surface area contributed by atoms with Gasteiger partial charge in [-0.25, -0.2) is 8.78 Å². The van der Waals surface area contributed by atoms with E-state index in [2.05, 4.69) is 0 Å². The van der Waals surface area contributed by atoms with Gasteiger partial charge in [-0.2, -0.15) is 22.8 Å². The number of benzene rings is 1. The molecule has 27 heavy (non-hydrogen) atoms. The zero-order chi connectivity index (χ0) is 20.7. The Kier molecular flexibility index (Phi) is 6.49. The van der Waals surface area contributed by atoms with Gasteiger partial charge in [-0.05, 0) is 23.9 Å². The largest absolute Gasteiger partial charge is 0.416 e. The van der Waals surface area contributed by atoms with Gasteiger partial charge in [-0.1, -0.05) is 46.4 Å². The second-order valence-corrected chi connectivity index (χ2v) is 8.57. The topological polar surface area (TPSA) is 28.7 Å². The average molecular weight is 488 g/mol. The third-order valence-electron chi connectivity index (χ3n) is 3.14. The molecule has 0 atom stereocenters. The fourth-order valence-electron chi connectivity index (χ4n) is 2.17. The SMILES string of the molecule is N#Cc1c(SC(F)(Cl)Cl)cn(-c2c(Cl)cc(C(F)(F)F)cc2Cl)c1C(F)F. The number of nitrogens with zero attached hydrogens (tertiary/aromatic N) is 2. The highest BCUT2D eigenvalue weighted by Crippen LogP contribution is 2.47. The van der Waals surface area contributed by atoms with Gasteiger partial charge in [-0.15, -0.1) is 0 Å². The van der Waals surface area contributed by atoms with Crippen molar-refractivity contribution in [3.05, 3.63) is 45.2 Å². The third kappa shape index (κ3) is 4.93. The first-order chi connectivity index (χ1) is 12.3. The molecule has 146 valence electrons. The molecule has 2 aromatic rings. The van der Waals surface area contributed by atoms with Crippen molar-refractivity contribution in [2.24, 2.45) is 0 Å². The number of alkyl halides is 8. The molecular weight excluding hydrogens is 484 g/mol. The first-order valence-electron chi connectivity index (χ1n) is 6.52. The maximum absolute atomic E-state index is 13.5. The maximum Gasteiger partial charge on any atom is 0.416 e. The molecule has 1 aromatic heterocycles. The molecule has 0 saturated carbocycles. The molecule has 0 amide bonds. The van der Waals surface area contributed by atoms with Gasteiger partial charge in [0.25, 0.3) is 6.43 Å². The van der Waals surface area contributed by atoms with Crippen LogP contribution in [0.5, 0.6) is 0 Å². The molecule has 0 fully saturated rings. The lowest BCUT2D eigenvalue weighted by Gasteiger charge is -2.15. The quantitative estimate of drug-likeness (QED) is 0.250. The molecule has 2 nitrogen and oxygen atoms in total. The number of rotatable bonds is 4. The van der Waals surface area contributed by atoms with Crippen molar-refractivity contribution >= 4 is 58.2 Å². The predicted octanol–water partition coefficient (Wildman–Crippen LogP) is 7.76. The van der Waals surface area contributed by atoms with Gasteiger partial charge in [0.1, 0.15) is 11.8 Å². The summed E-state index contributed by atoms with van der Waals surface area (Å²) in [5, 5.41) is 7.93. The third-order valence-corrected chi connectivity index (χ3v) is 4.94. The van der Waals surface area contributed by atoms with Crippen LogP contribution in [0.4, 0.5) is 26.3 Å². The van der Waals surface area contributed by atoms with E-state index in [0.29, 0.717) is 16.7 Å². The summed E-state index contributed by atoms with van der Waals surface area (Å²) in [6.07, 6.45) is -7.22. The van der Waals surface area contributed by atoms with Crippen LogP contribution >= 0.6 is 58.2 Å². The number of hydrogen-bond acceptors (Lipinski definition) is 2. The van der Waals surface area contributed by atoms with Gasteiger partial charge in [0, 0.05) is 11.1 Å². The molecule has 0 spiro atoms. The molecule has 2 rings (SSSR count). The summed E-state index contributed by atoms with van der Waals surface area (Å²) < 4.78 is 76.7. The van der Waals surface area contributed by atoms with Crippen LogP contribution in [-0.2, 0) is 6.18 Å². The highest BCUT2D eigenvalue weighted by Gasteiger charge is 2.34. The standard InChI is InChI=1S/C14H4Cl4F6N2S/c15-7-1-5(13(21,22)23)2-8(16)11(7)26-4-9(27-14(17,18)24)6(3-25)10(26)12(19)20/h1-2,4,12H. The Balaban J connectivity index is 2.78. The minimum Gasteiger partial charge on any atom is -0.310 e. The Morgan fingerprint density at radius 1 is 1.07 bits per heavy atom. The monoisotopic (exact) mass is 486 g/mol. The summed E-state index contributed by atoms with van der Waals surface area (Å²) in [5.41, 5.74) is -3.28. The van der Waals surface area contributed by atoms with Gasteiger partial charge in [0.05, 0.1) is 26.9 Å². The fourth-order valence-corrected chi connectivity index (χ4v) is 4.00. The zero-order valence-corrected chi connectivity index (χ0v) is 16.2. The van der Waals surface area contributed by atoms with E-state index in [-0.39, 0.29) is 16.7 Å². The second-order valence-electron chi connectivity index (χ2n) is 4.87. The molecule has 13 heteroatoms. The van der Waals surface area contributed by atoms with Crippen molar-refractivity contribution in [2.45, 2.75) is 21.4 Å². The first-order valence-corrected chi connectivity index (χ1v) is 8.85. The molecular formula is C14H4Cl4F6N2S. The van der Waals surface area contributed by atoms with E-state index in [4.69, 9.17) is 51.7 Å². The van der Waals surface area contributed by atoms with Crippen LogP contribution in [0.1, 0.15) is 23.2 Å². The lowest BCUT2D eigenvalue weighted by atomic mass is 10.2. The zero-order valence-electron chi connectivity index (χ0n) is 12.4. The number of hydrogen-bond donors (Lipinski definition) is 0. The van der Waals surface area contributed by atoms with Crippen molar-refractivity contribution < 1.29 is 26.3 Å². The molecule has 0 unspecified atom stereocenters. The summed E-state index contributed by atoms with van der Waals surface area (Å²) in [4.78, 5) is -0.382. The lowest BCUT2D eigenvalue weighted by Crippen LogP contribution is -2.08. The first kappa shape index (κ1) is 22.4. The Bertz CT molecular complexity index is 891. The van der Waals surface area contributed by atoms with Crippen molar-refractivity contribution in [3.8, 4) is 11.8 Å². The van der Waals surface area contributed by atoms with Crippen molar-refractivity contribution in [1.82, 2.24) is 4.57 Å². The van der Waals surface area contributed by atoms with Crippen LogP contribution in [0, 0.1) is 11.3 Å². The molecule has 0 bridgehead atoms. The number of aromatic nitrogens is 1. The fraction of sp³-hybridized carbons (Fsp3) is 0.214. The van der Waals surface area contributed by atoms with Crippen molar-refractivity contribution in [3.63, 3.8) is 0 Å². The predicted molar refractivity (Wildman–Crippen MR) is 91.9 cm³/mol. The van der Waals surface area contributed by atoms with E-state index in [1.165, 1.54) is 6.07 Å². The minimum atomic E-state index is -4.78. The van der Waals surface area contributed by atoms with Gasteiger partial charge in [0.15, 0.2) is 0 Å². The summed E-state index contributed by atoms with van der Waals surface area (Å²) in [6.45, 7) is 0. The van der Waals surface area contributed by atoms with Gasteiger partial charge in [0.2, 0.25) is 0 Å². The van der Waals surface area contributed by atoms with Gasteiger partial charge < -0.3 is 4.57 Å². The Morgan fingerprint density at radius 3 is 1.96 bits per heavy atom. The molecule has 0 aliphatic carbocycles. The summed E-state index contributed by atoms with van der Waals surface area (Å²) in [5.74, 6) is 0. The lowest BCUT2D eigenvalue weighted by molar-refractivity contribution is -0.137.